The van der Waals surface area contributed by atoms with Gasteiger partial charge < -0.3 is 19.3 Å². The minimum absolute atomic E-state index is 0.0406. The van der Waals surface area contributed by atoms with Crippen LogP contribution in [-0.2, 0) is 9.47 Å². The Labute approximate surface area is 208 Å². The zero-order valence-electron chi connectivity index (χ0n) is 18.7. The molecule has 6 rings (SSSR count). The molecule has 0 bridgehead atoms. The summed E-state index contributed by atoms with van der Waals surface area (Å²) in [5, 5.41) is 0.630. The average Bonchev–Trinajstić information content (AvgIpc) is 2.79. The topological polar surface area (TPSA) is 45.2 Å². The first-order chi connectivity index (χ1) is 16.4. The van der Waals surface area contributed by atoms with Gasteiger partial charge in [0.2, 0.25) is 0 Å². The number of ether oxygens (including phenoxy) is 2. The number of morpholine rings is 1. The van der Waals surface area contributed by atoms with Crippen LogP contribution in [-0.4, -0.2) is 80.8 Å². The minimum Gasteiger partial charge on any atom is -0.380 e. The van der Waals surface area contributed by atoms with Gasteiger partial charge in [-0.25, -0.2) is 4.39 Å². The van der Waals surface area contributed by atoms with Crippen LogP contribution in [0.25, 0.3) is 0 Å². The maximum atomic E-state index is 13.5. The molecule has 4 fully saturated rings. The van der Waals surface area contributed by atoms with Gasteiger partial charge in [0.1, 0.15) is 5.82 Å². The van der Waals surface area contributed by atoms with Crippen LogP contribution in [0.4, 0.5) is 10.1 Å². The molecule has 0 aliphatic carbocycles. The highest BCUT2D eigenvalue weighted by Gasteiger charge is 2.49. The van der Waals surface area contributed by atoms with E-state index < -0.39 is 5.82 Å². The normalized spacial score (nSPS) is 26.1. The van der Waals surface area contributed by atoms with Crippen molar-refractivity contribution >= 4 is 34.8 Å². The van der Waals surface area contributed by atoms with Gasteiger partial charge in [-0.15, -0.1) is 0 Å². The maximum Gasteiger partial charge on any atom is 0.255 e. The van der Waals surface area contributed by atoms with E-state index in [2.05, 4.69) is 9.80 Å². The number of fused-ring (bicyclic) bond motifs is 1. The molecule has 34 heavy (non-hydrogen) atoms. The number of hydrogen-bond acceptors (Lipinski definition) is 5. The fraction of sp³-hybridized carbons (Fsp3) is 0.480. The summed E-state index contributed by atoms with van der Waals surface area (Å²) in [5.74, 6) is -0.471. The monoisotopic (exact) mass is 505 g/mol. The van der Waals surface area contributed by atoms with Gasteiger partial charge in [0.15, 0.2) is 0 Å². The van der Waals surface area contributed by atoms with Gasteiger partial charge in [-0.2, -0.15) is 0 Å². The van der Waals surface area contributed by atoms with E-state index in [-0.39, 0.29) is 28.5 Å². The van der Waals surface area contributed by atoms with E-state index in [9.17, 15) is 9.18 Å². The van der Waals surface area contributed by atoms with Crippen LogP contribution in [0.5, 0.6) is 0 Å². The largest absolute Gasteiger partial charge is 0.380 e. The molecule has 1 amide bonds. The summed E-state index contributed by atoms with van der Waals surface area (Å²) in [5.41, 5.74) is 2.62. The lowest BCUT2D eigenvalue weighted by atomic mass is 9.77. The van der Waals surface area contributed by atoms with Gasteiger partial charge in [0, 0.05) is 39.3 Å². The predicted octanol–water partition coefficient (Wildman–Crippen LogP) is 3.87. The molecule has 4 aliphatic heterocycles. The lowest BCUT2D eigenvalue weighted by molar-refractivity contribution is -0.127. The molecule has 4 heterocycles. The summed E-state index contributed by atoms with van der Waals surface area (Å²) >= 11 is 12.7. The molecule has 0 aromatic heterocycles. The average molecular weight is 506 g/mol. The number of rotatable bonds is 3. The van der Waals surface area contributed by atoms with Crippen molar-refractivity contribution in [1.82, 2.24) is 9.80 Å². The second-order valence-electron chi connectivity index (χ2n) is 9.88. The van der Waals surface area contributed by atoms with Gasteiger partial charge >= 0.3 is 0 Å². The van der Waals surface area contributed by atoms with Crippen LogP contribution < -0.4 is 4.90 Å². The third-order valence-corrected chi connectivity index (χ3v) is 8.20. The number of carbonyl (C=O) groups is 1. The van der Waals surface area contributed by atoms with Crippen LogP contribution in [0.3, 0.4) is 0 Å². The van der Waals surface area contributed by atoms with Crippen LogP contribution in [0.1, 0.15) is 22.0 Å². The Morgan fingerprint density at radius 1 is 1.09 bits per heavy atom. The molecular formula is C25H26Cl2FN3O3. The van der Waals surface area contributed by atoms with Crippen molar-refractivity contribution < 1.29 is 18.7 Å². The van der Waals surface area contributed by atoms with Crippen LogP contribution >= 0.6 is 23.2 Å². The molecule has 1 spiro atoms. The molecule has 9 heteroatoms. The summed E-state index contributed by atoms with van der Waals surface area (Å²) in [6, 6.07) is 10.6. The van der Waals surface area contributed by atoms with E-state index in [1.54, 1.807) is 12.1 Å². The van der Waals surface area contributed by atoms with E-state index in [1.807, 2.05) is 23.1 Å². The highest BCUT2D eigenvalue weighted by Crippen LogP contribution is 2.43. The third kappa shape index (κ3) is 3.88. The summed E-state index contributed by atoms with van der Waals surface area (Å²) in [4.78, 5) is 19.9. The second-order valence-corrected chi connectivity index (χ2v) is 10.7. The van der Waals surface area contributed by atoms with Crippen molar-refractivity contribution in [2.75, 3.05) is 64.0 Å². The fourth-order valence-corrected chi connectivity index (χ4v) is 6.00. The number of carbonyl (C=O) groups excluding carboxylic acids is 1. The number of halogens is 3. The quantitative estimate of drug-likeness (QED) is 0.633. The van der Waals surface area contributed by atoms with E-state index in [0.29, 0.717) is 36.8 Å². The van der Waals surface area contributed by atoms with Gasteiger partial charge in [-0.05, 0) is 29.8 Å². The highest BCUT2D eigenvalue weighted by atomic mass is 35.5. The lowest BCUT2D eigenvalue weighted by Gasteiger charge is -2.56. The molecule has 2 aromatic rings. The predicted molar refractivity (Wildman–Crippen MR) is 128 cm³/mol. The van der Waals surface area contributed by atoms with Gasteiger partial charge in [0.25, 0.3) is 5.91 Å². The molecule has 2 atom stereocenters. The van der Waals surface area contributed by atoms with Crippen LogP contribution in [0, 0.1) is 11.2 Å². The first-order valence-electron chi connectivity index (χ1n) is 11.6. The molecule has 0 N–H and O–H groups in total. The Kier molecular flexibility index (Phi) is 5.73. The Bertz CT molecular complexity index is 1120. The van der Waals surface area contributed by atoms with E-state index in [1.165, 1.54) is 6.07 Å². The molecule has 0 radical (unpaired) electrons. The van der Waals surface area contributed by atoms with Crippen molar-refractivity contribution in [2.45, 2.75) is 12.1 Å². The number of hydrogen-bond donors (Lipinski definition) is 0. The van der Waals surface area contributed by atoms with Crippen LogP contribution in [0.15, 0.2) is 36.4 Å². The molecular weight excluding hydrogens is 480 g/mol. The number of benzene rings is 2. The Hall–Kier alpha value is -1.90. The lowest BCUT2D eigenvalue weighted by Crippen LogP contribution is -2.66. The zero-order valence-corrected chi connectivity index (χ0v) is 20.2. The number of amides is 1. The smallest absolute Gasteiger partial charge is 0.255 e. The van der Waals surface area contributed by atoms with Crippen molar-refractivity contribution in [3.8, 4) is 0 Å². The van der Waals surface area contributed by atoms with Crippen molar-refractivity contribution in [1.29, 1.82) is 0 Å². The Morgan fingerprint density at radius 2 is 1.91 bits per heavy atom. The van der Waals surface area contributed by atoms with Gasteiger partial charge in [-0.3, -0.25) is 9.69 Å². The molecule has 6 nitrogen and oxygen atoms in total. The molecule has 180 valence electrons. The van der Waals surface area contributed by atoms with Gasteiger partial charge in [0.05, 0.1) is 58.7 Å². The summed E-state index contributed by atoms with van der Waals surface area (Å²) in [6.07, 6.45) is -0.163. The van der Waals surface area contributed by atoms with Crippen molar-refractivity contribution in [3.05, 3.63) is 63.4 Å². The molecule has 2 aromatic carbocycles. The standard InChI is InChI=1S/C25H26Cl2FN3O3/c26-19-8-16(4-5-20(19)28)22-10-29-6-7-30(9-17(29)11-34-22)24(32)18-2-1-3-21(23(18)27)31-12-25(13-31)14-33-15-25/h1-5,8,17,22H,6-7,9-15H2/t17?,22-/m0/s1. The number of anilines is 1. The molecule has 1 unspecified atom stereocenters. The molecule has 4 saturated heterocycles. The Balaban J connectivity index is 1.11. The summed E-state index contributed by atoms with van der Waals surface area (Å²) < 4.78 is 25.0. The third-order valence-electron chi connectivity index (χ3n) is 7.52. The number of piperazine rings is 1. The fourth-order valence-electron chi connectivity index (χ4n) is 5.49. The van der Waals surface area contributed by atoms with E-state index in [0.717, 1.165) is 44.1 Å². The van der Waals surface area contributed by atoms with Crippen molar-refractivity contribution in [3.63, 3.8) is 0 Å². The highest BCUT2D eigenvalue weighted by molar-refractivity contribution is 6.36. The Morgan fingerprint density at radius 3 is 2.65 bits per heavy atom. The molecule has 0 saturated carbocycles. The number of nitrogens with zero attached hydrogens (tertiary/aromatic N) is 3. The first-order valence-corrected chi connectivity index (χ1v) is 12.4. The van der Waals surface area contributed by atoms with Gasteiger partial charge in [-0.1, -0.05) is 35.3 Å². The first kappa shape index (κ1) is 22.6. The van der Waals surface area contributed by atoms with E-state index >= 15 is 0 Å². The van der Waals surface area contributed by atoms with Crippen LogP contribution in [0.2, 0.25) is 10.0 Å². The minimum atomic E-state index is -0.431. The maximum absolute atomic E-state index is 13.5. The summed E-state index contributed by atoms with van der Waals surface area (Å²) in [7, 11) is 0. The summed E-state index contributed by atoms with van der Waals surface area (Å²) in [6.45, 7) is 6.59. The molecule has 4 aliphatic rings. The SMILES string of the molecule is O=C(c1cccc(N2CC3(COC3)C2)c1Cl)N1CCN2C[C@@H](c3ccc(F)c(Cl)c3)OCC2C1. The van der Waals surface area contributed by atoms with Crippen molar-refractivity contribution in [2.24, 2.45) is 5.41 Å². The van der Waals surface area contributed by atoms with E-state index in [4.69, 9.17) is 32.7 Å². The zero-order chi connectivity index (χ0) is 23.4. The second kappa shape index (κ2) is 8.64.